The van der Waals surface area contributed by atoms with Gasteiger partial charge in [0.2, 0.25) is 11.9 Å². The molecule has 10 heteroatoms. The number of nitriles is 1. The summed E-state index contributed by atoms with van der Waals surface area (Å²) in [5.74, 6) is -0.271. The molecule has 0 aliphatic carbocycles. The first-order chi connectivity index (χ1) is 16.2. The maximum absolute atomic E-state index is 13.5. The zero-order valence-corrected chi connectivity index (χ0v) is 17.9. The molecule has 1 saturated heterocycles. The van der Waals surface area contributed by atoms with E-state index in [0.717, 1.165) is 28.8 Å². The van der Waals surface area contributed by atoms with Gasteiger partial charge in [0.05, 0.1) is 22.6 Å². The molecule has 0 unspecified atom stereocenters. The van der Waals surface area contributed by atoms with Crippen molar-refractivity contribution in [2.45, 2.75) is 24.4 Å². The molecule has 2 heterocycles. The number of nitrogens with one attached hydrogen (secondary N) is 1. The molecule has 7 nitrogen and oxygen atoms in total. The third kappa shape index (κ3) is 4.56. The smallest absolute Gasteiger partial charge is 0.381 e. The van der Waals surface area contributed by atoms with E-state index in [1.807, 2.05) is 24.3 Å². The molecule has 1 amide bonds. The largest absolute Gasteiger partial charge is 0.417 e. The van der Waals surface area contributed by atoms with E-state index in [1.54, 1.807) is 12.4 Å². The molecular formula is C24H20F3N5O2. The van der Waals surface area contributed by atoms with Gasteiger partial charge in [-0.15, -0.1) is 0 Å². The van der Waals surface area contributed by atoms with E-state index in [2.05, 4.69) is 15.3 Å². The first-order valence-electron chi connectivity index (χ1n) is 10.4. The number of nitrogens with zero attached hydrogens (tertiary/aromatic N) is 3. The number of ether oxygens (including phenoxy) is 1. The topological polar surface area (TPSA) is 114 Å². The van der Waals surface area contributed by atoms with Crippen molar-refractivity contribution in [3.63, 3.8) is 0 Å². The fourth-order valence-corrected chi connectivity index (χ4v) is 4.04. The van der Waals surface area contributed by atoms with E-state index in [1.165, 1.54) is 12.1 Å². The molecular weight excluding hydrogens is 447 g/mol. The number of nitrogen functional groups attached to an aromatic ring is 1. The third-order valence-corrected chi connectivity index (χ3v) is 5.93. The molecule has 34 heavy (non-hydrogen) atoms. The molecule has 174 valence electrons. The Hall–Kier alpha value is -3.97. The predicted octanol–water partition coefficient (Wildman–Crippen LogP) is 4.30. The Morgan fingerprint density at radius 3 is 2.29 bits per heavy atom. The number of nitrogens with two attached hydrogens (primary N) is 1. The second-order valence-electron chi connectivity index (χ2n) is 7.93. The van der Waals surface area contributed by atoms with E-state index in [4.69, 9.17) is 15.7 Å². The Morgan fingerprint density at radius 1 is 1.06 bits per heavy atom. The highest BCUT2D eigenvalue weighted by Crippen LogP contribution is 2.38. The van der Waals surface area contributed by atoms with Gasteiger partial charge >= 0.3 is 6.18 Å². The molecule has 1 fully saturated rings. The van der Waals surface area contributed by atoms with Crippen LogP contribution in [0, 0.1) is 11.3 Å². The van der Waals surface area contributed by atoms with Crippen LogP contribution in [-0.4, -0.2) is 29.1 Å². The van der Waals surface area contributed by atoms with Crippen LogP contribution in [0.3, 0.4) is 0 Å². The Balaban J connectivity index is 1.65. The zero-order chi connectivity index (χ0) is 24.3. The van der Waals surface area contributed by atoms with Crippen LogP contribution in [0.4, 0.5) is 24.8 Å². The molecule has 3 aromatic rings. The Bertz CT molecular complexity index is 1230. The third-order valence-electron chi connectivity index (χ3n) is 5.93. The molecule has 1 aliphatic rings. The quantitative estimate of drug-likeness (QED) is 0.591. The highest BCUT2D eigenvalue weighted by atomic mass is 19.4. The van der Waals surface area contributed by atoms with Gasteiger partial charge in [0, 0.05) is 36.9 Å². The second-order valence-corrected chi connectivity index (χ2v) is 7.93. The summed E-state index contributed by atoms with van der Waals surface area (Å²) in [6.45, 7) is 0.671. The number of anilines is 2. The fraction of sp³-hybridized carbons (Fsp3) is 0.250. The number of aromatic nitrogens is 2. The fourth-order valence-electron chi connectivity index (χ4n) is 4.04. The molecule has 0 radical (unpaired) electrons. The highest BCUT2D eigenvalue weighted by molar-refractivity contribution is 5.99. The van der Waals surface area contributed by atoms with Crippen LogP contribution in [0.25, 0.3) is 11.1 Å². The molecule has 0 bridgehead atoms. The van der Waals surface area contributed by atoms with Crippen LogP contribution in [-0.2, 0) is 21.1 Å². The van der Waals surface area contributed by atoms with Crippen molar-refractivity contribution in [1.29, 1.82) is 5.26 Å². The van der Waals surface area contributed by atoms with Crippen LogP contribution in [0.5, 0.6) is 0 Å². The van der Waals surface area contributed by atoms with E-state index < -0.39 is 28.6 Å². The van der Waals surface area contributed by atoms with Crippen LogP contribution in [0.2, 0.25) is 0 Å². The number of hydrogen-bond acceptors (Lipinski definition) is 6. The second kappa shape index (κ2) is 9.11. The summed E-state index contributed by atoms with van der Waals surface area (Å²) in [6, 6.07) is 12.0. The van der Waals surface area contributed by atoms with Crippen LogP contribution in [0.15, 0.2) is 54.9 Å². The normalized spacial score (nSPS) is 15.4. The average molecular weight is 467 g/mol. The minimum Gasteiger partial charge on any atom is -0.381 e. The van der Waals surface area contributed by atoms with E-state index in [0.29, 0.717) is 26.1 Å². The van der Waals surface area contributed by atoms with Gasteiger partial charge in [-0.1, -0.05) is 24.3 Å². The Labute approximate surface area is 193 Å². The lowest BCUT2D eigenvalue weighted by atomic mass is 9.73. The number of halogens is 3. The van der Waals surface area contributed by atoms with Gasteiger partial charge in [0.15, 0.2) is 0 Å². The standard InChI is InChI=1S/C24H20F3N5O2/c25-24(26,27)20-11-19(6-3-16(20)12-28)32-21(33)23(7-9-34-10-8-23)18-4-1-15(2-5-18)17-13-30-22(29)31-14-17/h1-6,11,13-14H,7-10H2,(H,32,33)(H2,29,30,31). The molecule has 3 N–H and O–H groups in total. The highest BCUT2D eigenvalue weighted by Gasteiger charge is 2.42. The van der Waals surface area contributed by atoms with Crippen molar-refractivity contribution in [1.82, 2.24) is 9.97 Å². The van der Waals surface area contributed by atoms with Gasteiger partial charge in [-0.3, -0.25) is 4.79 Å². The monoisotopic (exact) mass is 467 g/mol. The van der Waals surface area contributed by atoms with Gasteiger partial charge < -0.3 is 15.8 Å². The van der Waals surface area contributed by atoms with E-state index in [9.17, 15) is 18.0 Å². The molecule has 0 saturated carbocycles. The van der Waals surface area contributed by atoms with E-state index in [-0.39, 0.29) is 11.6 Å². The van der Waals surface area contributed by atoms with Crippen molar-refractivity contribution >= 4 is 17.5 Å². The summed E-state index contributed by atoms with van der Waals surface area (Å²) >= 11 is 0. The molecule has 2 aromatic carbocycles. The summed E-state index contributed by atoms with van der Waals surface area (Å²) in [4.78, 5) is 21.4. The van der Waals surface area contributed by atoms with Gasteiger partial charge in [0.25, 0.3) is 0 Å². The molecule has 1 aliphatic heterocycles. The summed E-state index contributed by atoms with van der Waals surface area (Å²) in [6.07, 6.45) is -0.796. The van der Waals surface area contributed by atoms with Crippen LogP contribution < -0.4 is 11.1 Å². The Kier molecular flexibility index (Phi) is 6.22. The van der Waals surface area contributed by atoms with E-state index >= 15 is 0 Å². The summed E-state index contributed by atoms with van der Waals surface area (Å²) < 4.78 is 45.5. The van der Waals surface area contributed by atoms with Crippen molar-refractivity contribution in [3.8, 4) is 17.2 Å². The van der Waals surface area contributed by atoms with Crippen molar-refractivity contribution < 1.29 is 22.7 Å². The summed E-state index contributed by atoms with van der Waals surface area (Å²) in [5.41, 5.74) is 5.22. The number of carbonyl (C=O) groups excluding carboxylic acids is 1. The number of amides is 1. The Morgan fingerprint density at radius 2 is 1.71 bits per heavy atom. The predicted molar refractivity (Wildman–Crippen MR) is 118 cm³/mol. The van der Waals surface area contributed by atoms with Gasteiger partial charge in [-0.25, -0.2) is 9.97 Å². The van der Waals surface area contributed by atoms with Crippen molar-refractivity contribution in [2.24, 2.45) is 0 Å². The summed E-state index contributed by atoms with van der Waals surface area (Å²) in [5, 5.41) is 11.6. The SMILES string of the molecule is N#Cc1ccc(NC(=O)C2(c3ccc(-c4cnc(N)nc4)cc3)CCOCC2)cc1C(F)(F)F. The minimum atomic E-state index is -4.72. The maximum atomic E-state index is 13.5. The number of alkyl halides is 3. The van der Waals surface area contributed by atoms with Crippen molar-refractivity contribution in [2.75, 3.05) is 24.3 Å². The lowest BCUT2D eigenvalue weighted by molar-refractivity contribution is -0.137. The lowest BCUT2D eigenvalue weighted by Gasteiger charge is -2.36. The zero-order valence-electron chi connectivity index (χ0n) is 17.9. The summed E-state index contributed by atoms with van der Waals surface area (Å²) in [7, 11) is 0. The minimum absolute atomic E-state index is 0.0298. The number of carbonyl (C=O) groups is 1. The van der Waals surface area contributed by atoms with Gasteiger partial charge in [-0.2, -0.15) is 18.4 Å². The van der Waals surface area contributed by atoms with Crippen LogP contribution in [0.1, 0.15) is 29.5 Å². The number of rotatable bonds is 4. The first-order valence-corrected chi connectivity index (χ1v) is 10.4. The molecule has 0 atom stereocenters. The number of benzene rings is 2. The average Bonchev–Trinajstić information content (AvgIpc) is 2.84. The van der Waals surface area contributed by atoms with Gasteiger partial charge in [0.1, 0.15) is 0 Å². The lowest BCUT2D eigenvalue weighted by Crippen LogP contribution is -2.44. The van der Waals surface area contributed by atoms with Crippen LogP contribution >= 0.6 is 0 Å². The molecule has 4 rings (SSSR count). The first kappa shape index (κ1) is 23.2. The molecule has 1 aromatic heterocycles. The van der Waals surface area contributed by atoms with Crippen molar-refractivity contribution in [3.05, 3.63) is 71.5 Å². The molecule has 0 spiro atoms. The van der Waals surface area contributed by atoms with Gasteiger partial charge in [-0.05, 0) is 42.2 Å². The number of hydrogen-bond donors (Lipinski definition) is 2. The maximum Gasteiger partial charge on any atom is 0.417 e.